The minimum atomic E-state index is -1.20. The molecule has 0 bridgehead atoms. The van der Waals surface area contributed by atoms with E-state index in [0.717, 1.165) is 28.6 Å². The second kappa shape index (κ2) is 7.99. The molecule has 3 aromatic rings. The van der Waals surface area contributed by atoms with E-state index in [9.17, 15) is 14.0 Å². The maximum Gasteiger partial charge on any atom is 0.248 e. The van der Waals surface area contributed by atoms with Gasteiger partial charge < -0.3 is 14.3 Å². The molecule has 0 radical (unpaired) electrons. The SMILES string of the molecule is Cc1nc2ccccc2n1CC(=O)N(c1cccc(F)c1)C1(C=O)CCC2=C1N(C)CC=C2. The van der Waals surface area contributed by atoms with Gasteiger partial charge in [0.1, 0.15) is 23.7 Å². The number of rotatable bonds is 5. The van der Waals surface area contributed by atoms with Crippen molar-refractivity contribution in [3.63, 3.8) is 0 Å². The van der Waals surface area contributed by atoms with Crippen molar-refractivity contribution in [1.29, 1.82) is 0 Å². The summed E-state index contributed by atoms with van der Waals surface area (Å²) >= 11 is 0. The number of aldehydes is 1. The summed E-state index contributed by atoms with van der Waals surface area (Å²) in [5.41, 5.74) is 2.65. The average Bonchev–Trinajstić information content (AvgIpc) is 3.33. The number of amides is 1. The number of allylic oxidation sites excluding steroid dienone is 2. The summed E-state index contributed by atoms with van der Waals surface area (Å²) < 4.78 is 16.1. The van der Waals surface area contributed by atoms with E-state index in [4.69, 9.17) is 0 Å². The molecule has 33 heavy (non-hydrogen) atoms. The van der Waals surface area contributed by atoms with Crippen molar-refractivity contribution in [2.45, 2.75) is 31.8 Å². The Morgan fingerprint density at radius 1 is 1.24 bits per heavy atom. The van der Waals surface area contributed by atoms with Crippen LogP contribution in [0.3, 0.4) is 0 Å². The van der Waals surface area contributed by atoms with E-state index in [-0.39, 0.29) is 12.5 Å². The Kier molecular flexibility index (Phi) is 5.12. The zero-order valence-corrected chi connectivity index (χ0v) is 18.7. The number of anilines is 1. The predicted molar refractivity (Wildman–Crippen MR) is 125 cm³/mol. The van der Waals surface area contributed by atoms with Crippen LogP contribution in [-0.4, -0.2) is 45.8 Å². The number of fused-ring (bicyclic) bond motifs is 1. The molecule has 5 rings (SSSR count). The van der Waals surface area contributed by atoms with Crippen molar-refractivity contribution in [3.05, 3.63) is 83.6 Å². The third-order valence-electron chi connectivity index (χ3n) is 6.62. The van der Waals surface area contributed by atoms with Gasteiger partial charge in [-0.15, -0.1) is 0 Å². The summed E-state index contributed by atoms with van der Waals surface area (Å²) in [5, 5.41) is 0. The molecule has 1 aliphatic heterocycles. The van der Waals surface area contributed by atoms with E-state index in [1.54, 1.807) is 12.1 Å². The van der Waals surface area contributed by atoms with Crippen LogP contribution in [-0.2, 0) is 16.1 Å². The summed E-state index contributed by atoms with van der Waals surface area (Å²) in [6.07, 6.45) is 6.05. The molecule has 1 aromatic heterocycles. The van der Waals surface area contributed by atoms with Crippen LogP contribution in [0.2, 0.25) is 0 Å². The van der Waals surface area contributed by atoms with Gasteiger partial charge in [0.05, 0.1) is 16.7 Å². The molecule has 2 aliphatic rings. The quantitative estimate of drug-likeness (QED) is 0.558. The number of hydrogen-bond acceptors (Lipinski definition) is 4. The van der Waals surface area contributed by atoms with Crippen LogP contribution < -0.4 is 4.90 Å². The fourth-order valence-corrected chi connectivity index (χ4v) is 5.22. The van der Waals surface area contributed by atoms with E-state index < -0.39 is 11.4 Å². The molecule has 1 aliphatic carbocycles. The molecule has 1 amide bonds. The lowest BCUT2D eigenvalue weighted by molar-refractivity contribution is -0.123. The van der Waals surface area contributed by atoms with Crippen LogP contribution in [0.5, 0.6) is 0 Å². The number of para-hydroxylation sites is 2. The largest absolute Gasteiger partial charge is 0.372 e. The molecule has 6 nitrogen and oxygen atoms in total. The van der Waals surface area contributed by atoms with E-state index in [0.29, 0.717) is 30.9 Å². The fraction of sp³-hybridized carbons (Fsp3) is 0.269. The molecular formula is C26H25FN4O2. The topological polar surface area (TPSA) is 58.4 Å². The number of carbonyl (C=O) groups excluding carboxylic acids is 2. The van der Waals surface area contributed by atoms with Gasteiger partial charge in [0.2, 0.25) is 5.91 Å². The highest BCUT2D eigenvalue weighted by Gasteiger charge is 2.50. The van der Waals surface area contributed by atoms with Gasteiger partial charge in [-0.25, -0.2) is 9.37 Å². The third-order valence-corrected chi connectivity index (χ3v) is 6.62. The molecule has 2 aromatic carbocycles. The maximum atomic E-state index is 14.3. The molecule has 0 saturated heterocycles. The zero-order valence-electron chi connectivity index (χ0n) is 18.7. The average molecular weight is 445 g/mol. The minimum absolute atomic E-state index is 0.0133. The molecule has 0 fully saturated rings. The van der Waals surface area contributed by atoms with Gasteiger partial charge in [-0.05, 0) is 55.7 Å². The molecule has 168 valence electrons. The first-order valence-corrected chi connectivity index (χ1v) is 11.0. The van der Waals surface area contributed by atoms with Gasteiger partial charge in [-0.3, -0.25) is 9.69 Å². The second-order valence-corrected chi connectivity index (χ2v) is 8.64. The monoisotopic (exact) mass is 444 g/mol. The number of likely N-dealkylation sites (N-methyl/N-ethyl adjacent to an activating group) is 1. The standard InChI is InChI=1S/C26H25FN4O2/c1-18-28-22-10-3-4-11-23(22)30(18)16-24(33)31(21-9-5-8-20(27)15-21)26(17-32)13-12-19-7-6-14-29(2)25(19)26/h3-11,15,17H,12-14,16H2,1-2H3. The Hall–Kier alpha value is -3.74. The molecule has 1 atom stereocenters. The number of aryl methyl sites for hydroxylation is 1. The number of benzene rings is 2. The van der Waals surface area contributed by atoms with Crippen molar-refractivity contribution in [2.75, 3.05) is 18.5 Å². The Balaban J connectivity index is 1.65. The van der Waals surface area contributed by atoms with Crippen LogP contribution >= 0.6 is 0 Å². The van der Waals surface area contributed by atoms with Gasteiger partial charge >= 0.3 is 0 Å². The summed E-state index contributed by atoms with van der Waals surface area (Å²) in [5.74, 6) is -0.0525. The lowest BCUT2D eigenvalue weighted by Crippen LogP contribution is -2.57. The van der Waals surface area contributed by atoms with Crippen molar-refractivity contribution < 1.29 is 14.0 Å². The molecule has 7 heteroatoms. The fourth-order valence-electron chi connectivity index (χ4n) is 5.22. The first-order valence-electron chi connectivity index (χ1n) is 11.0. The highest BCUT2D eigenvalue weighted by molar-refractivity contribution is 6.01. The lowest BCUT2D eigenvalue weighted by atomic mass is 9.92. The normalized spacial score (nSPS) is 19.8. The Bertz CT molecular complexity index is 1320. The van der Waals surface area contributed by atoms with Crippen LogP contribution in [0.25, 0.3) is 11.0 Å². The van der Waals surface area contributed by atoms with E-state index >= 15 is 0 Å². The smallest absolute Gasteiger partial charge is 0.248 e. The van der Waals surface area contributed by atoms with E-state index in [2.05, 4.69) is 11.1 Å². The van der Waals surface area contributed by atoms with E-state index in [1.807, 2.05) is 53.8 Å². The number of aromatic nitrogens is 2. The number of carbonyl (C=O) groups is 2. The molecule has 0 saturated carbocycles. The molecular weight excluding hydrogens is 419 g/mol. The number of imidazole rings is 1. The highest BCUT2D eigenvalue weighted by atomic mass is 19.1. The molecule has 0 N–H and O–H groups in total. The Morgan fingerprint density at radius 3 is 2.85 bits per heavy atom. The van der Waals surface area contributed by atoms with Gasteiger partial charge in [-0.2, -0.15) is 0 Å². The number of hydrogen-bond donors (Lipinski definition) is 0. The van der Waals surface area contributed by atoms with Gasteiger partial charge in [0.25, 0.3) is 0 Å². The second-order valence-electron chi connectivity index (χ2n) is 8.64. The zero-order chi connectivity index (χ0) is 23.2. The predicted octanol–water partition coefficient (Wildman–Crippen LogP) is 4.00. The molecule has 1 unspecified atom stereocenters. The van der Waals surface area contributed by atoms with Gasteiger partial charge in [-0.1, -0.05) is 30.4 Å². The minimum Gasteiger partial charge on any atom is -0.372 e. The van der Waals surface area contributed by atoms with Crippen molar-refractivity contribution in [3.8, 4) is 0 Å². The van der Waals surface area contributed by atoms with Gasteiger partial charge in [0, 0.05) is 19.3 Å². The first-order chi connectivity index (χ1) is 15.9. The van der Waals surface area contributed by atoms with Crippen molar-refractivity contribution >= 4 is 28.9 Å². The van der Waals surface area contributed by atoms with Crippen molar-refractivity contribution in [2.24, 2.45) is 0 Å². The summed E-state index contributed by atoms with van der Waals surface area (Å²) in [6, 6.07) is 13.5. The lowest BCUT2D eigenvalue weighted by Gasteiger charge is -2.43. The van der Waals surface area contributed by atoms with E-state index in [1.165, 1.54) is 17.0 Å². The summed E-state index contributed by atoms with van der Waals surface area (Å²) in [7, 11) is 1.92. The van der Waals surface area contributed by atoms with Crippen LogP contribution in [0.4, 0.5) is 10.1 Å². The number of halogens is 1. The molecule has 0 spiro atoms. The van der Waals surface area contributed by atoms with Crippen LogP contribution in [0.15, 0.2) is 72.0 Å². The molecule has 2 heterocycles. The third kappa shape index (κ3) is 3.35. The van der Waals surface area contributed by atoms with Crippen LogP contribution in [0.1, 0.15) is 18.7 Å². The van der Waals surface area contributed by atoms with Crippen molar-refractivity contribution in [1.82, 2.24) is 14.5 Å². The first kappa shape index (κ1) is 21.1. The van der Waals surface area contributed by atoms with Crippen LogP contribution in [0, 0.1) is 12.7 Å². The van der Waals surface area contributed by atoms with Gasteiger partial charge in [0.15, 0.2) is 6.29 Å². The Morgan fingerprint density at radius 2 is 2.06 bits per heavy atom. The Labute approximate surface area is 191 Å². The summed E-state index contributed by atoms with van der Waals surface area (Å²) in [6.45, 7) is 2.48. The summed E-state index contributed by atoms with van der Waals surface area (Å²) in [4.78, 5) is 34.9. The maximum absolute atomic E-state index is 14.3. The highest BCUT2D eigenvalue weighted by Crippen LogP contribution is 2.44. The number of nitrogens with zero attached hydrogens (tertiary/aromatic N) is 4.